The fraction of sp³-hybridized carbons (Fsp3) is 0.500. The topological polar surface area (TPSA) is 51.2 Å². The van der Waals surface area contributed by atoms with Gasteiger partial charge in [-0.2, -0.15) is 0 Å². The second-order valence-corrected chi connectivity index (χ2v) is 5.27. The van der Waals surface area contributed by atoms with E-state index in [4.69, 9.17) is 17.0 Å². The second kappa shape index (κ2) is 7.19. The van der Waals surface area contributed by atoms with Crippen molar-refractivity contribution in [2.45, 2.75) is 32.1 Å². The first-order chi connectivity index (χ1) is 9.24. The Morgan fingerprint density at radius 2 is 2.21 bits per heavy atom. The molecule has 2 rings (SSSR count). The Labute approximate surface area is 118 Å². The van der Waals surface area contributed by atoms with Crippen LogP contribution >= 0.6 is 12.2 Å². The van der Waals surface area contributed by atoms with E-state index in [2.05, 4.69) is 10.3 Å². The summed E-state index contributed by atoms with van der Waals surface area (Å²) in [6, 6.07) is 5.48. The number of carbonyl (C=O) groups is 1. The number of esters is 1. The predicted molar refractivity (Wildman–Crippen MR) is 78.0 cm³/mol. The van der Waals surface area contributed by atoms with Crippen molar-refractivity contribution in [2.75, 3.05) is 11.9 Å². The average molecular weight is 278 g/mol. The van der Waals surface area contributed by atoms with Crippen molar-refractivity contribution in [3.63, 3.8) is 0 Å². The number of pyridine rings is 1. The van der Waals surface area contributed by atoms with Crippen molar-refractivity contribution >= 4 is 29.0 Å². The largest absolute Gasteiger partial charge is 0.465 e. The van der Waals surface area contributed by atoms with Crippen LogP contribution in [0.25, 0.3) is 0 Å². The molecule has 1 saturated carbocycles. The Balaban J connectivity index is 1.68. The third-order valence-corrected chi connectivity index (χ3v) is 3.44. The van der Waals surface area contributed by atoms with E-state index in [-0.39, 0.29) is 12.4 Å². The van der Waals surface area contributed by atoms with Gasteiger partial charge in [0.05, 0.1) is 18.0 Å². The maximum absolute atomic E-state index is 11.6. The normalized spacial score (nSPS) is 15.2. The van der Waals surface area contributed by atoms with Crippen molar-refractivity contribution in [3.8, 4) is 0 Å². The number of nitrogens with zero attached hydrogens (tertiary/aromatic N) is 1. The Hall–Kier alpha value is -1.49. The van der Waals surface area contributed by atoms with E-state index in [1.54, 1.807) is 12.3 Å². The van der Waals surface area contributed by atoms with Crippen LogP contribution in [0.4, 0.5) is 5.82 Å². The SMILES string of the molecule is O=C(CC(=S)Nc1ccccn1)OCC1CCCC1. The number of ether oxygens (including phenoxy) is 1. The summed E-state index contributed by atoms with van der Waals surface area (Å²) in [6.07, 6.45) is 6.62. The first-order valence-corrected chi connectivity index (χ1v) is 7.01. The van der Waals surface area contributed by atoms with Gasteiger partial charge in [0.25, 0.3) is 0 Å². The molecule has 0 amide bonds. The minimum atomic E-state index is -0.264. The van der Waals surface area contributed by atoms with Gasteiger partial charge in [0.1, 0.15) is 5.82 Å². The molecule has 0 aliphatic heterocycles. The van der Waals surface area contributed by atoms with Crippen LogP contribution in [0.3, 0.4) is 0 Å². The van der Waals surface area contributed by atoms with Gasteiger partial charge < -0.3 is 10.1 Å². The molecule has 1 fully saturated rings. The molecule has 0 spiro atoms. The van der Waals surface area contributed by atoms with Crippen LogP contribution < -0.4 is 5.32 Å². The highest BCUT2D eigenvalue weighted by Gasteiger charge is 2.17. The first-order valence-electron chi connectivity index (χ1n) is 6.60. The lowest BCUT2D eigenvalue weighted by Gasteiger charge is -2.11. The first kappa shape index (κ1) is 13.9. The van der Waals surface area contributed by atoms with E-state index in [1.165, 1.54) is 25.7 Å². The molecule has 102 valence electrons. The quantitative estimate of drug-likeness (QED) is 0.663. The third kappa shape index (κ3) is 4.95. The molecule has 0 saturated heterocycles. The molecule has 1 aromatic rings. The van der Waals surface area contributed by atoms with Crippen molar-refractivity contribution in [1.82, 2.24) is 4.98 Å². The summed E-state index contributed by atoms with van der Waals surface area (Å²) in [5.74, 6) is 0.928. The maximum atomic E-state index is 11.6. The fourth-order valence-corrected chi connectivity index (χ4v) is 2.42. The Bertz CT molecular complexity index is 430. The predicted octanol–water partition coefficient (Wildman–Crippen LogP) is 2.94. The molecule has 0 bridgehead atoms. The van der Waals surface area contributed by atoms with Crippen LogP contribution in [0, 0.1) is 5.92 Å². The molecule has 1 N–H and O–H groups in total. The molecule has 0 unspecified atom stereocenters. The van der Waals surface area contributed by atoms with E-state index in [0.717, 1.165) is 0 Å². The third-order valence-electron chi connectivity index (χ3n) is 3.19. The van der Waals surface area contributed by atoms with E-state index in [0.29, 0.717) is 23.3 Å². The van der Waals surface area contributed by atoms with Gasteiger partial charge in [-0.1, -0.05) is 31.1 Å². The van der Waals surface area contributed by atoms with Crippen molar-refractivity contribution in [1.29, 1.82) is 0 Å². The molecule has 4 nitrogen and oxygen atoms in total. The molecular weight excluding hydrogens is 260 g/mol. The molecule has 0 radical (unpaired) electrons. The Kier molecular flexibility index (Phi) is 5.27. The number of thiocarbonyl (C=S) groups is 1. The minimum Gasteiger partial charge on any atom is -0.465 e. The Morgan fingerprint density at radius 3 is 2.89 bits per heavy atom. The molecule has 0 atom stereocenters. The number of anilines is 1. The van der Waals surface area contributed by atoms with Crippen LogP contribution in [0.1, 0.15) is 32.1 Å². The van der Waals surface area contributed by atoms with Crippen molar-refractivity contribution in [2.24, 2.45) is 5.92 Å². The van der Waals surface area contributed by atoms with Crippen molar-refractivity contribution < 1.29 is 9.53 Å². The number of nitrogens with one attached hydrogen (secondary N) is 1. The van der Waals surface area contributed by atoms with Crippen LogP contribution in [-0.2, 0) is 9.53 Å². The van der Waals surface area contributed by atoms with Gasteiger partial charge in [0, 0.05) is 6.20 Å². The van der Waals surface area contributed by atoms with Gasteiger partial charge in [-0.15, -0.1) is 0 Å². The number of hydrogen-bond acceptors (Lipinski definition) is 4. The highest BCUT2D eigenvalue weighted by atomic mass is 32.1. The summed E-state index contributed by atoms with van der Waals surface area (Å²) in [5, 5.41) is 2.92. The lowest BCUT2D eigenvalue weighted by Crippen LogP contribution is -2.19. The highest BCUT2D eigenvalue weighted by Crippen LogP contribution is 2.24. The average Bonchev–Trinajstić information content (AvgIpc) is 2.90. The lowest BCUT2D eigenvalue weighted by atomic mass is 10.1. The molecule has 1 aromatic heterocycles. The zero-order valence-electron chi connectivity index (χ0n) is 10.8. The molecular formula is C14H18N2O2S. The minimum absolute atomic E-state index is 0.110. The van der Waals surface area contributed by atoms with E-state index >= 15 is 0 Å². The fourth-order valence-electron chi connectivity index (χ4n) is 2.19. The summed E-state index contributed by atoms with van der Waals surface area (Å²) in [7, 11) is 0. The molecule has 19 heavy (non-hydrogen) atoms. The van der Waals surface area contributed by atoms with Gasteiger partial charge in [0.15, 0.2) is 0 Å². The molecule has 0 aromatic carbocycles. The van der Waals surface area contributed by atoms with Crippen LogP contribution in [0.15, 0.2) is 24.4 Å². The second-order valence-electron chi connectivity index (χ2n) is 4.77. The summed E-state index contributed by atoms with van der Waals surface area (Å²) < 4.78 is 5.25. The Morgan fingerprint density at radius 1 is 1.42 bits per heavy atom. The maximum Gasteiger partial charge on any atom is 0.312 e. The van der Waals surface area contributed by atoms with E-state index < -0.39 is 0 Å². The highest BCUT2D eigenvalue weighted by molar-refractivity contribution is 7.80. The van der Waals surface area contributed by atoms with Gasteiger partial charge in [-0.25, -0.2) is 4.98 Å². The number of aromatic nitrogens is 1. The molecule has 1 heterocycles. The smallest absolute Gasteiger partial charge is 0.312 e. The van der Waals surface area contributed by atoms with Gasteiger partial charge >= 0.3 is 5.97 Å². The van der Waals surface area contributed by atoms with E-state index in [1.807, 2.05) is 12.1 Å². The number of rotatable bonds is 5. The molecule has 1 aliphatic carbocycles. The number of carbonyl (C=O) groups excluding carboxylic acids is 1. The van der Waals surface area contributed by atoms with Gasteiger partial charge in [-0.05, 0) is 30.9 Å². The van der Waals surface area contributed by atoms with Crippen molar-refractivity contribution in [3.05, 3.63) is 24.4 Å². The zero-order chi connectivity index (χ0) is 13.5. The summed E-state index contributed by atoms with van der Waals surface area (Å²) in [4.78, 5) is 16.2. The summed E-state index contributed by atoms with van der Waals surface area (Å²) in [5.41, 5.74) is 0. The van der Waals surface area contributed by atoms with Gasteiger partial charge in [0.2, 0.25) is 0 Å². The molecule has 5 heteroatoms. The van der Waals surface area contributed by atoms with Crippen LogP contribution in [-0.4, -0.2) is 22.5 Å². The monoisotopic (exact) mass is 278 g/mol. The molecule has 1 aliphatic rings. The van der Waals surface area contributed by atoms with Crippen LogP contribution in [0.2, 0.25) is 0 Å². The lowest BCUT2D eigenvalue weighted by molar-refractivity contribution is -0.143. The number of hydrogen-bond donors (Lipinski definition) is 1. The van der Waals surface area contributed by atoms with E-state index in [9.17, 15) is 4.79 Å². The van der Waals surface area contributed by atoms with Gasteiger partial charge in [-0.3, -0.25) is 4.79 Å². The van der Waals surface area contributed by atoms with Crippen LogP contribution in [0.5, 0.6) is 0 Å². The summed E-state index contributed by atoms with van der Waals surface area (Å²) >= 11 is 5.11. The summed E-state index contributed by atoms with van der Waals surface area (Å²) in [6.45, 7) is 0.533. The standard InChI is InChI=1S/C14H18N2O2S/c17-14(18-10-11-5-1-2-6-11)9-13(19)16-12-7-3-4-8-15-12/h3-4,7-8,11H,1-2,5-6,9-10H2,(H,15,16,19). The zero-order valence-corrected chi connectivity index (χ0v) is 11.6.